The third-order valence-electron chi connectivity index (χ3n) is 5.77. The molecule has 2 saturated heterocycles. The molecule has 0 aromatic heterocycles. The number of likely N-dealkylation sites (N-methyl/N-ethyl adjacent to an activating group) is 1. The second-order valence-electron chi connectivity index (χ2n) is 7.00. The highest BCUT2D eigenvalue weighted by molar-refractivity contribution is 5.83. The summed E-state index contributed by atoms with van der Waals surface area (Å²) in [5.41, 5.74) is 1.16. The SMILES string of the molecule is CCN1CCC[C@@H]1[C@H]1CCCN1C(=O)[C@@H]1Cc2ccccc2O1. The fourth-order valence-electron chi connectivity index (χ4n) is 4.65. The van der Waals surface area contributed by atoms with Gasteiger partial charge in [0.2, 0.25) is 0 Å². The standard InChI is InChI=1S/C19H26N2O2/c1-2-20-11-5-8-15(20)16-9-6-12-21(16)19(22)18-13-14-7-3-4-10-17(14)23-18/h3-4,7,10,15-16,18H,2,5-6,8-9,11-13H2,1H3/t15-,16-,18+/m1/s1. The third-order valence-corrected chi connectivity index (χ3v) is 5.77. The molecule has 4 rings (SSSR count). The van der Waals surface area contributed by atoms with Gasteiger partial charge in [0.1, 0.15) is 5.75 Å². The van der Waals surface area contributed by atoms with Gasteiger partial charge in [0.25, 0.3) is 5.91 Å². The van der Waals surface area contributed by atoms with Crippen LogP contribution in [0.2, 0.25) is 0 Å². The van der Waals surface area contributed by atoms with Gasteiger partial charge in [-0.25, -0.2) is 0 Å². The normalized spacial score (nSPS) is 30.5. The Morgan fingerprint density at radius 2 is 1.96 bits per heavy atom. The molecule has 0 saturated carbocycles. The van der Waals surface area contributed by atoms with Crippen LogP contribution in [0.4, 0.5) is 0 Å². The van der Waals surface area contributed by atoms with E-state index in [1.807, 2.05) is 18.2 Å². The third kappa shape index (κ3) is 2.63. The van der Waals surface area contributed by atoms with Gasteiger partial charge in [0.05, 0.1) is 0 Å². The lowest BCUT2D eigenvalue weighted by Gasteiger charge is -2.35. The maximum atomic E-state index is 13.1. The molecule has 1 amide bonds. The topological polar surface area (TPSA) is 32.8 Å². The van der Waals surface area contributed by atoms with Crippen molar-refractivity contribution >= 4 is 5.91 Å². The van der Waals surface area contributed by atoms with Crippen LogP contribution in [0.25, 0.3) is 0 Å². The van der Waals surface area contributed by atoms with Crippen LogP contribution in [0, 0.1) is 0 Å². The molecule has 1 aromatic rings. The lowest BCUT2D eigenvalue weighted by molar-refractivity contribution is -0.139. The summed E-state index contributed by atoms with van der Waals surface area (Å²) in [6.07, 6.45) is 5.18. The Kier molecular flexibility index (Phi) is 4.02. The first-order chi connectivity index (χ1) is 11.3. The number of para-hydroxylation sites is 1. The Hall–Kier alpha value is -1.55. The van der Waals surface area contributed by atoms with E-state index in [0.717, 1.165) is 43.7 Å². The molecule has 3 aliphatic rings. The van der Waals surface area contributed by atoms with Gasteiger partial charge in [0.15, 0.2) is 6.10 Å². The van der Waals surface area contributed by atoms with E-state index in [4.69, 9.17) is 4.74 Å². The number of amides is 1. The average molecular weight is 314 g/mol. The van der Waals surface area contributed by atoms with Crippen molar-refractivity contribution in [2.75, 3.05) is 19.6 Å². The fourth-order valence-corrected chi connectivity index (χ4v) is 4.65. The van der Waals surface area contributed by atoms with Crippen LogP contribution in [-0.2, 0) is 11.2 Å². The quantitative estimate of drug-likeness (QED) is 0.859. The molecule has 4 heteroatoms. The zero-order valence-electron chi connectivity index (χ0n) is 13.9. The van der Waals surface area contributed by atoms with E-state index in [-0.39, 0.29) is 12.0 Å². The maximum Gasteiger partial charge on any atom is 0.264 e. The lowest BCUT2D eigenvalue weighted by Crippen LogP contribution is -2.51. The van der Waals surface area contributed by atoms with E-state index >= 15 is 0 Å². The summed E-state index contributed by atoms with van der Waals surface area (Å²) in [5.74, 6) is 1.09. The molecule has 1 aromatic carbocycles. The molecule has 0 aliphatic carbocycles. The Labute approximate surface area is 138 Å². The minimum atomic E-state index is -0.315. The maximum absolute atomic E-state index is 13.1. The van der Waals surface area contributed by atoms with Crippen molar-refractivity contribution in [1.82, 2.24) is 9.80 Å². The summed E-state index contributed by atoms with van der Waals surface area (Å²) < 4.78 is 5.94. The molecule has 2 fully saturated rings. The number of nitrogens with zero attached hydrogens (tertiary/aromatic N) is 2. The second-order valence-corrected chi connectivity index (χ2v) is 7.00. The number of carbonyl (C=O) groups excluding carboxylic acids is 1. The number of ether oxygens (including phenoxy) is 1. The molecule has 23 heavy (non-hydrogen) atoms. The van der Waals surface area contributed by atoms with E-state index in [1.54, 1.807) is 0 Å². The molecule has 124 valence electrons. The molecule has 3 heterocycles. The molecule has 3 atom stereocenters. The summed E-state index contributed by atoms with van der Waals surface area (Å²) in [6.45, 7) is 5.41. The largest absolute Gasteiger partial charge is 0.480 e. The first-order valence-electron chi connectivity index (χ1n) is 9.07. The fraction of sp³-hybridized carbons (Fsp3) is 0.632. The molecule has 3 aliphatic heterocycles. The van der Waals surface area contributed by atoms with E-state index in [0.29, 0.717) is 12.1 Å². The van der Waals surface area contributed by atoms with Crippen molar-refractivity contribution in [3.8, 4) is 5.75 Å². The number of rotatable bonds is 3. The highest BCUT2D eigenvalue weighted by Gasteiger charge is 2.42. The lowest BCUT2D eigenvalue weighted by atomic mass is 10.0. The van der Waals surface area contributed by atoms with Gasteiger partial charge in [0, 0.05) is 25.0 Å². The molecular formula is C19H26N2O2. The Balaban J connectivity index is 1.48. The van der Waals surface area contributed by atoms with Gasteiger partial charge in [-0.15, -0.1) is 0 Å². The number of hydrogen-bond acceptors (Lipinski definition) is 3. The Morgan fingerprint density at radius 1 is 1.17 bits per heavy atom. The van der Waals surface area contributed by atoms with Crippen LogP contribution >= 0.6 is 0 Å². The highest BCUT2D eigenvalue weighted by atomic mass is 16.5. The molecule has 0 spiro atoms. The summed E-state index contributed by atoms with van der Waals surface area (Å²) in [7, 11) is 0. The zero-order chi connectivity index (χ0) is 15.8. The van der Waals surface area contributed by atoms with Crippen molar-refractivity contribution < 1.29 is 9.53 Å². The number of carbonyl (C=O) groups is 1. The van der Waals surface area contributed by atoms with E-state index < -0.39 is 0 Å². The first-order valence-corrected chi connectivity index (χ1v) is 9.07. The van der Waals surface area contributed by atoms with Crippen molar-refractivity contribution in [2.45, 2.75) is 57.2 Å². The van der Waals surface area contributed by atoms with Crippen LogP contribution in [0.1, 0.15) is 38.2 Å². The number of hydrogen-bond donors (Lipinski definition) is 0. The Bertz CT molecular complexity index is 563. The van der Waals surface area contributed by atoms with E-state index in [9.17, 15) is 4.79 Å². The monoisotopic (exact) mass is 314 g/mol. The molecular weight excluding hydrogens is 288 g/mol. The van der Waals surface area contributed by atoms with Crippen LogP contribution in [0.3, 0.4) is 0 Å². The molecule has 0 unspecified atom stereocenters. The predicted octanol–water partition coefficient (Wildman–Crippen LogP) is 2.47. The van der Waals surface area contributed by atoms with E-state index in [1.165, 1.54) is 19.4 Å². The van der Waals surface area contributed by atoms with Gasteiger partial charge in [-0.3, -0.25) is 9.69 Å². The van der Waals surface area contributed by atoms with E-state index in [2.05, 4.69) is 22.8 Å². The summed E-state index contributed by atoms with van der Waals surface area (Å²) >= 11 is 0. The minimum absolute atomic E-state index is 0.201. The van der Waals surface area contributed by atoms with Gasteiger partial charge < -0.3 is 9.64 Å². The van der Waals surface area contributed by atoms with Crippen LogP contribution in [0.15, 0.2) is 24.3 Å². The smallest absolute Gasteiger partial charge is 0.264 e. The minimum Gasteiger partial charge on any atom is -0.480 e. The molecule has 0 radical (unpaired) electrons. The van der Waals surface area contributed by atoms with Crippen molar-refractivity contribution in [3.05, 3.63) is 29.8 Å². The van der Waals surface area contributed by atoms with Crippen LogP contribution in [-0.4, -0.2) is 53.5 Å². The van der Waals surface area contributed by atoms with Gasteiger partial charge in [-0.2, -0.15) is 0 Å². The van der Waals surface area contributed by atoms with Crippen molar-refractivity contribution in [3.63, 3.8) is 0 Å². The first kappa shape index (κ1) is 15.0. The van der Waals surface area contributed by atoms with Gasteiger partial charge in [-0.05, 0) is 50.4 Å². The molecule has 4 nitrogen and oxygen atoms in total. The van der Waals surface area contributed by atoms with Crippen molar-refractivity contribution in [1.29, 1.82) is 0 Å². The molecule has 0 N–H and O–H groups in total. The number of likely N-dealkylation sites (tertiary alicyclic amines) is 2. The van der Waals surface area contributed by atoms with Crippen LogP contribution in [0.5, 0.6) is 5.75 Å². The Morgan fingerprint density at radius 3 is 2.78 bits per heavy atom. The van der Waals surface area contributed by atoms with Gasteiger partial charge >= 0.3 is 0 Å². The predicted molar refractivity (Wildman–Crippen MR) is 89.6 cm³/mol. The van der Waals surface area contributed by atoms with Crippen molar-refractivity contribution in [2.24, 2.45) is 0 Å². The summed E-state index contributed by atoms with van der Waals surface area (Å²) in [5, 5.41) is 0. The highest BCUT2D eigenvalue weighted by Crippen LogP contribution is 2.33. The molecule has 0 bridgehead atoms. The number of benzene rings is 1. The zero-order valence-corrected chi connectivity index (χ0v) is 13.9. The van der Waals surface area contributed by atoms with Gasteiger partial charge in [-0.1, -0.05) is 25.1 Å². The summed E-state index contributed by atoms with van der Waals surface area (Å²) in [6, 6.07) is 8.97. The summed E-state index contributed by atoms with van der Waals surface area (Å²) in [4.78, 5) is 17.8. The average Bonchev–Trinajstić information content (AvgIpc) is 3.30. The van der Waals surface area contributed by atoms with Crippen LogP contribution < -0.4 is 4.74 Å². The second kappa shape index (κ2) is 6.16. The number of fused-ring (bicyclic) bond motifs is 1.